The molecule has 0 N–H and O–H groups in total. The second-order valence-corrected chi connectivity index (χ2v) is 2.72. The summed E-state index contributed by atoms with van der Waals surface area (Å²) in [4.78, 5) is 11.2. The van der Waals surface area contributed by atoms with Crippen LogP contribution >= 0.6 is 0 Å². The van der Waals surface area contributed by atoms with Gasteiger partial charge in [-0.2, -0.15) is 0 Å². The first-order chi connectivity index (χ1) is 5.77. The SMILES string of the molecule is C/C=C(/CC)C(=O)OCC1CO1. The Labute approximate surface area is 72.4 Å². The molecule has 0 aliphatic carbocycles. The summed E-state index contributed by atoms with van der Waals surface area (Å²) in [5.74, 6) is -0.212. The molecule has 0 spiro atoms. The first kappa shape index (κ1) is 9.26. The standard InChI is InChI=1S/C9H14O3/c1-3-7(4-2)9(10)12-6-8-5-11-8/h3,8H,4-6H2,1-2H3/b7-3-. The summed E-state index contributed by atoms with van der Waals surface area (Å²) in [6, 6.07) is 0. The van der Waals surface area contributed by atoms with Crippen molar-refractivity contribution in [3.05, 3.63) is 11.6 Å². The number of rotatable bonds is 4. The third-order valence-electron chi connectivity index (χ3n) is 1.79. The lowest BCUT2D eigenvalue weighted by Crippen LogP contribution is -2.11. The zero-order valence-corrected chi connectivity index (χ0v) is 7.50. The average molecular weight is 170 g/mol. The molecular weight excluding hydrogens is 156 g/mol. The van der Waals surface area contributed by atoms with Gasteiger partial charge in [0.05, 0.1) is 6.61 Å². The summed E-state index contributed by atoms with van der Waals surface area (Å²) in [6.45, 7) is 4.90. The highest BCUT2D eigenvalue weighted by Gasteiger charge is 2.24. The maximum atomic E-state index is 11.2. The molecule has 68 valence electrons. The van der Waals surface area contributed by atoms with Crippen molar-refractivity contribution in [3.8, 4) is 0 Å². The summed E-state index contributed by atoms with van der Waals surface area (Å²) >= 11 is 0. The van der Waals surface area contributed by atoms with Crippen molar-refractivity contribution in [2.75, 3.05) is 13.2 Å². The molecule has 0 aromatic carbocycles. The molecule has 12 heavy (non-hydrogen) atoms. The molecule has 1 aliphatic rings. The monoisotopic (exact) mass is 170 g/mol. The Morgan fingerprint density at radius 1 is 1.75 bits per heavy atom. The number of hydrogen-bond acceptors (Lipinski definition) is 3. The third-order valence-corrected chi connectivity index (χ3v) is 1.79. The molecule has 1 atom stereocenters. The van der Waals surface area contributed by atoms with E-state index in [1.165, 1.54) is 0 Å². The van der Waals surface area contributed by atoms with Gasteiger partial charge in [0.25, 0.3) is 0 Å². The maximum Gasteiger partial charge on any atom is 0.333 e. The van der Waals surface area contributed by atoms with Gasteiger partial charge in [-0.05, 0) is 13.3 Å². The van der Waals surface area contributed by atoms with Crippen LogP contribution in [0.5, 0.6) is 0 Å². The van der Waals surface area contributed by atoms with Crippen LogP contribution in [-0.4, -0.2) is 25.3 Å². The Balaban J connectivity index is 2.24. The third kappa shape index (κ3) is 2.66. The van der Waals surface area contributed by atoms with Gasteiger partial charge in [-0.15, -0.1) is 0 Å². The number of carbonyl (C=O) groups excluding carboxylic acids is 1. The summed E-state index contributed by atoms with van der Waals surface area (Å²) in [5, 5.41) is 0. The summed E-state index contributed by atoms with van der Waals surface area (Å²) in [7, 11) is 0. The van der Waals surface area contributed by atoms with E-state index in [9.17, 15) is 4.79 Å². The Kier molecular flexibility index (Phi) is 3.29. The molecule has 1 heterocycles. The topological polar surface area (TPSA) is 38.8 Å². The van der Waals surface area contributed by atoms with Crippen LogP contribution in [0, 0.1) is 0 Å². The molecule has 0 radical (unpaired) electrons. The van der Waals surface area contributed by atoms with Crippen LogP contribution in [0.15, 0.2) is 11.6 Å². The molecular formula is C9H14O3. The van der Waals surface area contributed by atoms with Gasteiger partial charge in [-0.25, -0.2) is 4.79 Å². The first-order valence-corrected chi connectivity index (χ1v) is 4.21. The van der Waals surface area contributed by atoms with E-state index in [0.29, 0.717) is 6.61 Å². The lowest BCUT2D eigenvalue weighted by Gasteiger charge is -2.03. The summed E-state index contributed by atoms with van der Waals surface area (Å²) in [6.07, 6.45) is 2.67. The fourth-order valence-electron chi connectivity index (χ4n) is 0.892. The Morgan fingerprint density at radius 3 is 2.83 bits per heavy atom. The fraction of sp³-hybridized carbons (Fsp3) is 0.667. The molecule has 0 bridgehead atoms. The van der Waals surface area contributed by atoms with Crippen LogP contribution in [0.25, 0.3) is 0 Å². The molecule has 0 amide bonds. The Bertz CT molecular complexity index is 192. The molecule has 1 saturated heterocycles. The minimum Gasteiger partial charge on any atom is -0.459 e. The smallest absolute Gasteiger partial charge is 0.333 e. The van der Waals surface area contributed by atoms with Crippen molar-refractivity contribution >= 4 is 5.97 Å². The largest absolute Gasteiger partial charge is 0.459 e. The minimum atomic E-state index is -0.212. The molecule has 0 saturated carbocycles. The molecule has 0 aromatic heterocycles. The highest BCUT2D eigenvalue weighted by atomic mass is 16.6. The van der Waals surface area contributed by atoms with Crippen LogP contribution < -0.4 is 0 Å². The van der Waals surface area contributed by atoms with Gasteiger partial charge in [0.2, 0.25) is 0 Å². The average Bonchev–Trinajstić information content (AvgIpc) is 2.86. The molecule has 1 fully saturated rings. The van der Waals surface area contributed by atoms with Gasteiger partial charge in [0.1, 0.15) is 12.7 Å². The van der Waals surface area contributed by atoms with Gasteiger partial charge in [-0.3, -0.25) is 0 Å². The van der Waals surface area contributed by atoms with Crippen molar-refractivity contribution in [2.45, 2.75) is 26.4 Å². The zero-order valence-electron chi connectivity index (χ0n) is 7.50. The predicted octanol–water partition coefficient (Wildman–Crippen LogP) is 1.28. The van der Waals surface area contributed by atoms with Crippen LogP contribution in [0.2, 0.25) is 0 Å². The van der Waals surface area contributed by atoms with E-state index >= 15 is 0 Å². The number of epoxide rings is 1. The predicted molar refractivity (Wildman–Crippen MR) is 44.7 cm³/mol. The summed E-state index contributed by atoms with van der Waals surface area (Å²) < 4.78 is 9.89. The number of esters is 1. The van der Waals surface area contributed by atoms with E-state index < -0.39 is 0 Å². The molecule has 3 nitrogen and oxygen atoms in total. The molecule has 1 rings (SSSR count). The quantitative estimate of drug-likeness (QED) is 0.362. The Morgan fingerprint density at radius 2 is 2.42 bits per heavy atom. The van der Waals surface area contributed by atoms with Crippen LogP contribution in [-0.2, 0) is 14.3 Å². The van der Waals surface area contributed by atoms with Crippen molar-refractivity contribution in [2.24, 2.45) is 0 Å². The number of carbonyl (C=O) groups is 1. The fourth-order valence-corrected chi connectivity index (χ4v) is 0.892. The van der Waals surface area contributed by atoms with E-state index in [4.69, 9.17) is 9.47 Å². The van der Waals surface area contributed by atoms with Crippen LogP contribution in [0.3, 0.4) is 0 Å². The van der Waals surface area contributed by atoms with E-state index in [2.05, 4.69) is 0 Å². The van der Waals surface area contributed by atoms with Crippen LogP contribution in [0.4, 0.5) is 0 Å². The highest BCUT2D eigenvalue weighted by Crippen LogP contribution is 2.10. The van der Waals surface area contributed by atoms with Crippen molar-refractivity contribution in [1.82, 2.24) is 0 Å². The second-order valence-electron chi connectivity index (χ2n) is 2.72. The van der Waals surface area contributed by atoms with E-state index in [1.54, 1.807) is 6.08 Å². The molecule has 1 unspecified atom stereocenters. The zero-order chi connectivity index (χ0) is 8.97. The van der Waals surface area contributed by atoms with Gasteiger partial charge >= 0.3 is 5.97 Å². The second kappa shape index (κ2) is 4.26. The lowest BCUT2D eigenvalue weighted by molar-refractivity contribution is -0.139. The van der Waals surface area contributed by atoms with Crippen molar-refractivity contribution < 1.29 is 14.3 Å². The molecule has 3 heteroatoms. The highest BCUT2D eigenvalue weighted by molar-refractivity contribution is 5.88. The maximum absolute atomic E-state index is 11.2. The summed E-state index contributed by atoms with van der Waals surface area (Å²) in [5.41, 5.74) is 0.732. The normalized spacial score (nSPS) is 22.2. The van der Waals surface area contributed by atoms with Gasteiger partial charge < -0.3 is 9.47 Å². The number of ether oxygens (including phenoxy) is 2. The number of allylic oxidation sites excluding steroid dienone is 1. The van der Waals surface area contributed by atoms with E-state index in [0.717, 1.165) is 18.6 Å². The minimum absolute atomic E-state index is 0.156. The molecule has 0 aromatic rings. The van der Waals surface area contributed by atoms with E-state index in [-0.39, 0.29) is 12.1 Å². The Hall–Kier alpha value is -0.830. The van der Waals surface area contributed by atoms with Gasteiger partial charge in [0.15, 0.2) is 0 Å². The van der Waals surface area contributed by atoms with E-state index in [1.807, 2.05) is 13.8 Å². The van der Waals surface area contributed by atoms with Crippen molar-refractivity contribution in [3.63, 3.8) is 0 Å². The number of hydrogen-bond donors (Lipinski definition) is 0. The van der Waals surface area contributed by atoms with Crippen molar-refractivity contribution in [1.29, 1.82) is 0 Å². The molecule has 1 aliphatic heterocycles. The first-order valence-electron chi connectivity index (χ1n) is 4.21. The van der Waals surface area contributed by atoms with Crippen LogP contribution in [0.1, 0.15) is 20.3 Å². The lowest BCUT2D eigenvalue weighted by atomic mass is 10.2. The van der Waals surface area contributed by atoms with Gasteiger partial charge in [0, 0.05) is 5.57 Å². The van der Waals surface area contributed by atoms with Gasteiger partial charge in [-0.1, -0.05) is 13.0 Å².